The van der Waals surface area contributed by atoms with Gasteiger partial charge in [-0.05, 0) is 48.6 Å². The maximum atomic E-state index is 5.87. The summed E-state index contributed by atoms with van der Waals surface area (Å²) in [5.74, 6) is 2.57. The van der Waals surface area contributed by atoms with E-state index < -0.39 is 0 Å². The van der Waals surface area contributed by atoms with Gasteiger partial charge in [0, 0.05) is 5.92 Å². The van der Waals surface area contributed by atoms with Gasteiger partial charge in [-0.3, -0.25) is 0 Å². The average molecular weight is 369 g/mol. The zero-order valence-corrected chi connectivity index (χ0v) is 17.5. The summed E-state index contributed by atoms with van der Waals surface area (Å²) in [7, 11) is 0. The Morgan fingerprint density at radius 2 is 1.63 bits per heavy atom. The van der Waals surface area contributed by atoms with Gasteiger partial charge in [-0.25, -0.2) is 0 Å². The molecule has 0 N–H and O–H groups in total. The predicted molar refractivity (Wildman–Crippen MR) is 116 cm³/mol. The Bertz CT molecular complexity index is 530. The second kappa shape index (κ2) is 11.1. The van der Waals surface area contributed by atoms with Gasteiger partial charge in [0.1, 0.15) is 0 Å². The fourth-order valence-electron chi connectivity index (χ4n) is 5.04. The van der Waals surface area contributed by atoms with Crippen LogP contribution < -0.4 is 0 Å². The summed E-state index contributed by atoms with van der Waals surface area (Å²) in [5.41, 5.74) is 2.97. The molecule has 1 aliphatic carbocycles. The molecule has 0 amide bonds. The molecule has 1 heterocycles. The van der Waals surface area contributed by atoms with Crippen LogP contribution in [0.15, 0.2) is 36.9 Å². The summed E-state index contributed by atoms with van der Waals surface area (Å²) in [6, 6.07) is 9.43. The first-order valence-corrected chi connectivity index (χ1v) is 11.6. The molecule has 27 heavy (non-hydrogen) atoms. The highest BCUT2D eigenvalue weighted by molar-refractivity contribution is 5.26. The second-order valence-electron chi connectivity index (χ2n) is 9.04. The fourth-order valence-corrected chi connectivity index (χ4v) is 5.04. The number of hydrogen-bond acceptors (Lipinski definition) is 1. The van der Waals surface area contributed by atoms with E-state index in [1.807, 2.05) is 6.08 Å². The monoisotopic (exact) mass is 368 g/mol. The Labute approximate surface area is 167 Å². The summed E-state index contributed by atoms with van der Waals surface area (Å²) in [6.45, 7) is 7.00. The number of hydrogen-bond donors (Lipinski definition) is 0. The minimum absolute atomic E-state index is 0.266. The summed E-state index contributed by atoms with van der Waals surface area (Å²) >= 11 is 0. The van der Waals surface area contributed by atoms with E-state index in [1.165, 1.54) is 81.8 Å². The van der Waals surface area contributed by atoms with Crippen molar-refractivity contribution in [2.24, 2.45) is 11.8 Å². The Morgan fingerprint density at radius 3 is 2.22 bits per heavy atom. The molecule has 1 saturated carbocycles. The molecule has 1 aliphatic heterocycles. The second-order valence-corrected chi connectivity index (χ2v) is 9.04. The average Bonchev–Trinajstić information content (AvgIpc) is 2.74. The van der Waals surface area contributed by atoms with Gasteiger partial charge in [-0.15, -0.1) is 6.58 Å². The number of unbranched alkanes of at least 4 members (excludes halogenated alkanes) is 2. The Morgan fingerprint density at radius 1 is 0.926 bits per heavy atom. The van der Waals surface area contributed by atoms with Gasteiger partial charge in [0.2, 0.25) is 0 Å². The molecule has 2 fully saturated rings. The lowest BCUT2D eigenvalue weighted by atomic mass is 9.77. The molecule has 2 unspecified atom stereocenters. The van der Waals surface area contributed by atoms with Crippen molar-refractivity contribution in [2.45, 2.75) is 96.0 Å². The van der Waals surface area contributed by atoms with Crippen molar-refractivity contribution >= 4 is 0 Å². The van der Waals surface area contributed by atoms with Gasteiger partial charge in [0.05, 0.1) is 12.7 Å². The molecule has 1 aromatic carbocycles. The smallest absolute Gasteiger partial charge is 0.0753 e. The topological polar surface area (TPSA) is 9.23 Å². The standard InChI is InChI=1S/C26H40O/c1-3-5-6-7-21-8-10-22(11-9-21)12-13-23-14-16-24(17-15-23)25-18-19-26(4-2)27-20-25/h4,14-17,21-22,25-26H,2-3,5-13,18-20H2,1H3. The lowest BCUT2D eigenvalue weighted by Crippen LogP contribution is -2.22. The summed E-state index contributed by atoms with van der Waals surface area (Å²) < 4.78 is 5.87. The fraction of sp³-hybridized carbons (Fsp3) is 0.692. The molecule has 1 aromatic rings. The SMILES string of the molecule is C=CC1CCC(c2ccc(CCC3CCC(CCCCC)CC3)cc2)CO1. The normalized spacial score (nSPS) is 28.8. The van der Waals surface area contributed by atoms with E-state index in [4.69, 9.17) is 4.74 Å². The largest absolute Gasteiger partial charge is 0.374 e. The minimum Gasteiger partial charge on any atom is -0.374 e. The molecular formula is C26H40O. The highest BCUT2D eigenvalue weighted by Crippen LogP contribution is 2.34. The van der Waals surface area contributed by atoms with E-state index in [2.05, 4.69) is 37.8 Å². The van der Waals surface area contributed by atoms with Crippen LogP contribution >= 0.6 is 0 Å². The molecule has 2 aliphatic rings. The molecule has 150 valence electrons. The van der Waals surface area contributed by atoms with Crippen LogP contribution in [-0.4, -0.2) is 12.7 Å². The number of rotatable bonds is 9. The molecule has 2 atom stereocenters. The first-order chi connectivity index (χ1) is 13.3. The van der Waals surface area contributed by atoms with Crippen molar-refractivity contribution in [1.82, 2.24) is 0 Å². The van der Waals surface area contributed by atoms with Crippen LogP contribution in [0.3, 0.4) is 0 Å². The molecular weight excluding hydrogens is 328 g/mol. The third-order valence-corrected chi connectivity index (χ3v) is 7.05. The minimum atomic E-state index is 0.266. The highest BCUT2D eigenvalue weighted by atomic mass is 16.5. The first-order valence-electron chi connectivity index (χ1n) is 11.6. The van der Waals surface area contributed by atoms with E-state index in [0.717, 1.165) is 24.9 Å². The quantitative estimate of drug-likeness (QED) is 0.325. The number of benzene rings is 1. The Balaban J connectivity index is 1.36. The molecule has 1 saturated heterocycles. The zero-order chi connectivity index (χ0) is 18.9. The van der Waals surface area contributed by atoms with E-state index in [1.54, 1.807) is 0 Å². The lowest BCUT2D eigenvalue weighted by molar-refractivity contribution is 0.0329. The van der Waals surface area contributed by atoms with Crippen molar-refractivity contribution in [2.75, 3.05) is 6.61 Å². The van der Waals surface area contributed by atoms with Crippen molar-refractivity contribution in [3.05, 3.63) is 48.0 Å². The summed E-state index contributed by atoms with van der Waals surface area (Å²) in [6.07, 6.45) is 18.8. The molecule has 0 spiro atoms. The van der Waals surface area contributed by atoms with Crippen LogP contribution in [0.2, 0.25) is 0 Å². The molecule has 1 nitrogen and oxygen atoms in total. The molecule has 0 aromatic heterocycles. The maximum absolute atomic E-state index is 5.87. The summed E-state index contributed by atoms with van der Waals surface area (Å²) in [4.78, 5) is 0. The van der Waals surface area contributed by atoms with Gasteiger partial charge in [-0.2, -0.15) is 0 Å². The van der Waals surface area contributed by atoms with Crippen LogP contribution in [-0.2, 0) is 11.2 Å². The van der Waals surface area contributed by atoms with Gasteiger partial charge in [-0.1, -0.05) is 88.6 Å². The van der Waals surface area contributed by atoms with Gasteiger partial charge < -0.3 is 4.74 Å². The van der Waals surface area contributed by atoms with Gasteiger partial charge in [0.25, 0.3) is 0 Å². The molecule has 3 rings (SSSR count). The molecule has 0 radical (unpaired) electrons. The maximum Gasteiger partial charge on any atom is 0.0753 e. The Kier molecular flexibility index (Phi) is 8.45. The van der Waals surface area contributed by atoms with E-state index in [-0.39, 0.29) is 6.10 Å². The van der Waals surface area contributed by atoms with Crippen LogP contribution in [0.4, 0.5) is 0 Å². The van der Waals surface area contributed by atoms with Crippen LogP contribution in [0.25, 0.3) is 0 Å². The first kappa shape index (κ1) is 20.6. The van der Waals surface area contributed by atoms with Crippen LogP contribution in [0.5, 0.6) is 0 Å². The van der Waals surface area contributed by atoms with E-state index in [9.17, 15) is 0 Å². The van der Waals surface area contributed by atoms with Gasteiger partial charge in [0.15, 0.2) is 0 Å². The summed E-state index contributed by atoms with van der Waals surface area (Å²) in [5, 5.41) is 0. The van der Waals surface area contributed by atoms with Crippen molar-refractivity contribution < 1.29 is 4.74 Å². The van der Waals surface area contributed by atoms with Gasteiger partial charge >= 0.3 is 0 Å². The lowest BCUT2D eigenvalue weighted by Gasteiger charge is -2.29. The highest BCUT2D eigenvalue weighted by Gasteiger charge is 2.22. The van der Waals surface area contributed by atoms with Crippen LogP contribution in [0, 0.1) is 11.8 Å². The van der Waals surface area contributed by atoms with E-state index in [0.29, 0.717) is 5.92 Å². The third kappa shape index (κ3) is 6.49. The Hall–Kier alpha value is -1.08. The van der Waals surface area contributed by atoms with Crippen molar-refractivity contribution in [1.29, 1.82) is 0 Å². The third-order valence-electron chi connectivity index (χ3n) is 7.05. The zero-order valence-electron chi connectivity index (χ0n) is 17.5. The molecule has 0 bridgehead atoms. The van der Waals surface area contributed by atoms with E-state index >= 15 is 0 Å². The van der Waals surface area contributed by atoms with Crippen molar-refractivity contribution in [3.63, 3.8) is 0 Å². The van der Waals surface area contributed by atoms with Crippen molar-refractivity contribution in [3.8, 4) is 0 Å². The molecule has 1 heteroatoms. The van der Waals surface area contributed by atoms with Crippen LogP contribution in [0.1, 0.15) is 94.6 Å². The number of ether oxygens (including phenoxy) is 1. The number of aryl methyl sites for hydroxylation is 1. The predicted octanol–water partition coefficient (Wildman–Crippen LogP) is 7.45.